The molecule has 1 aliphatic heterocycles. The van der Waals surface area contributed by atoms with Gasteiger partial charge < -0.3 is 14.5 Å². The molecule has 0 saturated carbocycles. The first-order valence-electron chi connectivity index (χ1n) is 5.00. The minimum absolute atomic E-state index is 0.0946. The number of amides is 1. The van der Waals surface area contributed by atoms with Crippen LogP contribution in [0.3, 0.4) is 0 Å². The van der Waals surface area contributed by atoms with Crippen molar-refractivity contribution < 1.29 is 14.4 Å². The third-order valence-electron chi connectivity index (χ3n) is 2.70. The summed E-state index contributed by atoms with van der Waals surface area (Å²) in [7, 11) is 0. The van der Waals surface area contributed by atoms with E-state index in [1.807, 2.05) is 0 Å². The van der Waals surface area contributed by atoms with Gasteiger partial charge in [-0.15, -0.1) is 0 Å². The van der Waals surface area contributed by atoms with Crippen LogP contribution in [0.1, 0.15) is 28.2 Å². The molecule has 1 amide bonds. The third-order valence-corrected chi connectivity index (χ3v) is 2.70. The van der Waals surface area contributed by atoms with Crippen molar-refractivity contribution in [2.45, 2.75) is 26.4 Å². The highest BCUT2D eigenvalue weighted by molar-refractivity contribution is 5.96. The van der Waals surface area contributed by atoms with Gasteiger partial charge in [-0.3, -0.25) is 4.79 Å². The first kappa shape index (κ1) is 10.2. The molecule has 0 aliphatic carbocycles. The highest BCUT2D eigenvalue weighted by atomic mass is 16.5. The van der Waals surface area contributed by atoms with Crippen molar-refractivity contribution in [2.75, 3.05) is 13.1 Å². The molecule has 1 unspecified atom stereocenters. The maximum atomic E-state index is 12.0. The second kappa shape index (κ2) is 3.66. The third kappa shape index (κ3) is 1.74. The van der Waals surface area contributed by atoms with Gasteiger partial charge in [0, 0.05) is 13.1 Å². The zero-order valence-corrected chi connectivity index (χ0v) is 8.86. The molecule has 5 nitrogen and oxygen atoms in total. The Labute approximate surface area is 87.7 Å². The Hall–Kier alpha value is -1.36. The predicted octanol–water partition coefficient (Wildman–Crippen LogP) is 0.498. The van der Waals surface area contributed by atoms with Crippen molar-refractivity contribution in [1.82, 2.24) is 10.1 Å². The number of carbonyl (C=O) groups excluding carboxylic acids is 1. The zero-order chi connectivity index (χ0) is 11.0. The fourth-order valence-electron chi connectivity index (χ4n) is 1.87. The Bertz CT molecular complexity index is 367. The van der Waals surface area contributed by atoms with Crippen LogP contribution in [0.15, 0.2) is 4.52 Å². The van der Waals surface area contributed by atoms with E-state index in [1.54, 1.807) is 18.7 Å². The molecular formula is C10H14N2O3. The minimum Gasteiger partial charge on any atom is -0.391 e. The van der Waals surface area contributed by atoms with E-state index in [1.165, 1.54) is 0 Å². The minimum atomic E-state index is -0.394. The van der Waals surface area contributed by atoms with Gasteiger partial charge in [-0.2, -0.15) is 0 Å². The van der Waals surface area contributed by atoms with Crippen LogP contribution in [-0.2, 0) is 0 Å². The number of aryl methyl sites for hydroxylation is 2. The van der Waals surface area contributed by atoms with Gasteiger partial charge >= 0.3 is 0 Å². The number of carbonyl (C=O) groups is 1. The standard InChI is InChI=1S/C10H14N2O3/c1-6-9(7(2)15-11-6)10(14)12-4-3-8(13)5-12/h8,13H,3-5H2,1-2H3. The SMILES string of the molecule is Cc1noc(C)c1C(=O)N1CCC(O)C1. The van der Waals surface area contributed by atoms with Crippen molar-refractivity contribution in [1.29, 1.82) is 0 Å². The van der Waals surface area contributed by atoms with Gasteiger partial charge in [-0.25, -0.2) is 0 Å². The maximum Gasteiger partial charge on any atom is 0.259 e. The molecule has 1 fully saturated rings. The Morgan fingerprint density at radius 2 is 2.33 bits per heavy atom. The van der Waals surface area contributed by atoms with Crippen LogP contribution in [0, 0.1) is 13.8 Å². The van der Waals surface area contributed by atoms with Crippen LogP contribution >= 0.6 is 0 Å². The van der Waals surface area contributed by atoms with Crippen LogP contribution in [0.25, 0.3) is 0 Å². The lowest BCUT2D eigenvalue weighted by Gasteiger charge is -2.14. The van der Waals surface area contributed by atoms with Gasteiger partial charge in [-0.05, 0) is 20.3 Å². The molecule has 1 N–H and O–H groups in total. The van der Waals surface area contributed by atoms with Gasteiger partial charge in [0.25, 0.3) is 5.91 Å². The number of nitrogens with zero attached hydrogens (tertiary/aromatic N) is 2. The van der Waals surface area contributed by atoms with E-state index >= 15 is 0 Å². The lowest BCUT2D eigenvalue weighted by molar-refractivity contribution is 0.0762. The molecular weight excluding hydrogens is 196 g/mol. The van der Waals surface area contributed by atoms with E-state index in [9.17, 15) is 9.90 Å². The molecule has 0 aromatic carbocycles. The second-order valence-electron chi connectivity index (χ2n) is 3.89. The van der Waals surface area contributed by atoms with E-state index < -0.39 is 6.10 Å². The fraction of sp³-hybridized carbons (Fsp3) is 0.600. The second-order valence-corrected chi connectivity index (χ2v) is 3.89. The summed E-state index contributed by atoms with van der Waals surface area (Å²) in [6, 6.07) is 0. The van der Waals surface area contributed by atoms with E-state index in [2.05, 4.69) is 5.16 Å². The summed E-state index contributed by atoms with van der Waals surface area (Å²) in [6.45, 7) is 4.48. The van der Waals surface area contributed by atoms with E-state index in [-0.39, 0.29) is 5.91 Å². The van der Waals surface area contributed by atoms with E-state index in [0.29, 0.717) is 36.5 Å². The number of aliphatic hydroxyl groups is 1. The first-order chi connectivity index (χ1) is 7.09. The van der Waals surface area contributed by atoms with Gasteiger partial charge in [0.2, 0.25) is 0 Å². The van der Waals surface area contributed by atoms with Crippen molar-refractivity contribution in [2.24, 2.45) is 0 Å². The summed E-state index contributed by atoms with van der Waals surface area (Å²) in [6.07, 6.45) is 0.254. The van der Waals surface area contributed by atoms with Crippen LogP contribution in [-0.4, -0.2) is 40.3 Å². The van der Waals surface area contributed by atoms with Crippen molar-refractivity contribution in [3.8, 4) is 0 Å². The number of rotatable bonds is 1. The van der Waals surface area contributed by atoms with Gasteiger partial charge in [0.05, 0.1) is 11.8 Å². The smallest absolute Gasteiger partial charge is 0.259 e. The van der Waals surface area contributed by atoms with Crippen LogP contribution in [0.5, 0.6) is 0 Å². The lowest BCUT2D eigenvalue weighted by atomic mass is 10.2. The Kier molecular flexibility index (Phi) is 2.48. The van der Waals surface area contributed by atoms with Crippen molar-refractivity contribution in [3.63, 3.8) is 0 Å². The molecule has 1 aromatic rings. The number of aromatic nitrogens is 1. The molecule has 0 radical (unpaired) electrons. The van der Waals surface area contributed by atoms with Gasteiger partial charge in [0.15, 0.2) is 0 Å². The number of likely N-dealkylation sites (tertiary alicyclic amines) is 1. The summed E-state index contributed by atoms with van der Waals surface area (Å²) >= 11 is 0. The molecule has 1 saturated heterocycles. The predicted molar refractivity (Wildman–Crippen MR) is 52.5 cm³/mol. The fourth-order valence-corrected chi connectivity index (χ4v) is 1.87. The van der Waals surface area contributed by atoms with Crippen LogP contribution < -0.4 is 0 Å². The van der Waals surface area contributed by atoms with Crippen LogP contribution in [0.2, 0.25) is 0 Å². The summed E-state index contributed by atoms with van der Waals surface area (Å²) in [5.74, 6) is 0.446. The Morgan fingerprint density at radius 1 is 1.60 bits per heavy atom. The molecule has 0 spiro atoms. The molecule has 82 valence electrons. The molecule has 1 aliphatic rings. The topological polar surface area (TPSA) is 66.6 Å². The van der Waals surface area contributed by atoms with Crippen molar-refractivity contribution >= 4 is 5.91 Å². The molecule has 2 heterocycles. The van der Waals surface area contributed by atoms with Crippen molar-refractivity contribution in [3.05, 3.63) is 17.0 Å². The zero-order valence-electron chi connectivity index (χ0n) is 8.86. The molecule has 2 rings (SSSR count). The summed E-state index contributed by atoms with van der Waals surface area (Å²) in [5, 5.41) is 13.1. The number of aliphatic hydroxyl groups excluding tert-OH is 1. The average Bonchev–Trinajstić information content (AvgIpc) is 2.73. The highest BCUT2D eigenvalue weighted by Gasteiger charge is 2.28. The molecule has 1 atom stereocenters. The Balaban J connectivity index is 2.21. The quantitative estimate of drug-likeness (QED) is 0.733. The molecule has 0 bridgehead atoms. The molecule has 15 heavy (non-hydrogen) atoms. The first-order valence-corrected chi connectivity index (χ1v) is 5.00. The maximum absolute atomic E-state index is 12.0. The summed E-state index contributed by atoms with van der Waals surface area (Å²) in [5.41, 5.74) is 1.14. The lowest BCUT2D eigenvalue weighted by Crippen LogP contribution is -2.30. The molecule has 5 heteroatoms. The monoisotopic (exact) mass is 210 g/mol. The summed E-state index contributed by atoms with van der Waals surface area (Å²) in [4.78, 5) is 13.6. The van der Waals surface area contributed by atoms with E-state index in [0.717, 1.165) is 0 Å². The normalized spacial score (nSPS) is 21.0. The summed E-state index contributed by atoms with van der Waals surface area (Å²) < 4.78 is 4.94. The van der Waals surface area contributed by atoms with E-state index in [4.69, 9.17) is 4.52 Å². The Morgan fingerprint density at radius 3 is 2.80 bits per heavy atom. The molecule has 1 aromatic heterocycles. The largest absolute Gasteiger partial charge is 0.391 e. The number of hydrogen-bond acceptors (Lipinski definition) is 4. The number of β-amino-alcohol motifs (C(OH)–C–C–N with tert-alkyl or cyclic N) is 1. The number of hydrogen-bond donors (Lipinski definition) is 1. The van der Waals surface area contributed by atoms with Crippen LogP contribution in [0.4, 0.5) is 0 Å². The highest BCUT2D eigenvalue weighted by Crippen LogP contribution is 2.18. The van der Waals surface area contributed by atoms with Gasteiger partial charge in [0.1, 0.15) is 11.3 Å². The average molecular weight is 210 g/mol. The van der Waals surface area contributed by atoms with Gasteiger partial charge in [-0.1, -0.05) is 5.16 Å².